The maximum Gasteiger partial charge on any atom is 0.257 e. The molecule has 1 aromatic heterocycles. The van der Waals surface area contributed by atoms with E-state index in [0.29, 0.717) is 37.7 Å². The van der Waals surface area contributed by atoms with E-state index in [0.717, 1.165) is 32.1 Å². The molecule has 0 bridgehead atoms. The first-order valence-corrected chi connectivity index (χ1v) is 16.9. The van der Waals surface area contributed by atoms with Crippen LogP contribution < -0.4 is 5.32 Å². The average molecular weight is 647 g/mol. The van der Waals surface area contributed by atoms with Crippen molar-refractivity contribution in [1.29, 1.82) is 0 Å². The van der Waals surface area contributed by atoms with Gasteiger partial charge in [0.2, 0.25) is 17.7 Å². The highest BCUT2D eigenvalue weighted by Crippen LogP contribution is 2.54. The minimum atomic E-state index is -2.82. The fraction of sp³-hybridized carbons (Fsp3) is 0.788. The molecule has 4 heterocycles. The van der Waals surface area contributed by atoms with Gasteiger partial charge in [-0.1, -0.05) is 33.1 Å². The number of aromatic amines is 1. The molecule has 1 spiro atoms. The highest BCUT2D eigenvalue weighted by Gasteiger charge is 2.62. The van der Waals surface area contributed by atoms with Gasteiger partial charge in [0, 0.05) is 76.2 Å². The molecular formula is C33H48F2N6O5. The monoisotopic (exact) mass is 646 g/mol. The van der Waals surface area contributed by atoms with Gasteiger partial charge in [-0.25, -0.2) is 8.78 Å². The Hall–Kier alpha value is -3.09. The van der Waals surface area contributed by atoms with E-state index in [1.54, 1.807) is 16.7 Å². The van der Waals surface area contributed by atoms with Gasteiger partial charge in [0.1, 0.15) is 6.04 Å². The number of halogens is 2. The molecule has 46 heavy (non-hydrogen) atoms. The highest BCUT2D eigenvalue weighted by molar-refractivity contribution is 5.95. The number of alkyl halides is 2. The fourth-order valence-electron chi connectivity index (χ4n) is 7.96. The number of nitrogens with one attached hydrogen (secondary N) is 2. The van der Waals surface area contributed by atoms with Crippen molar-refractivity contribution in [3.8, 4) is 0 Å². The van der Waals surface area contributed by atoms with Gasteiger partial charge in [-0.05, 0) is 37.5 Å². The molecular weight excluding hydrogens is 598 g/mol. The summed E-state index contributed by atoms with van der Waals surface area (Å²) in [6.45, 7) is 7.28. The second-order valence-corrected chi connectivity index (χ2v) is 15.2. The fourth-order valence-corrected chi connectivity index (χ4v) is 7.96. The van der Waals surface area contributed by atoms with Crippen LogP contribution in [0, 0.1) is 28.6 Å². The van der Waals surface area contributed by atoms with E-state index in [-0.39, 0.29) is 42.8 Å². The van der Waals surface area contributed by atoms with Gasteiger partial charge in [0.25, 0.3) is 11.8 Å². The summed E-state index contributed by atoms with van der Waals surface area (Å²) in [5.41, 5.74) is -0.316. The Kier molecular flexibility index (Phi) is 8.92. The molecule has 0 radical (unpaired) electrons. The largest absolute Gasteiger partial charge is 0.376 e. The third-order valence-electron chi connectivity index (χ3n) is 11.3. The van der Waals surface area contributed by atoms with Crippen molar-refractivity contribution in [3.05, 3.63) is 18.0 Å². The van der Waals surface area contributed by atoms with Crippen molar-refractivity contribution >= 4 is 23.6 Å². The number of aromatic nitrogens is 2. The molecule has 1 aromatic rings. The Bertz CT molecular complexity index is 1300. The lowest BCUT2D eigenvalue weighted by atomic mass is 9.70. The smallest absolute Gasteiger partial charge is 0.257 e. The van der Waals surface area contributed by atoms with Crippen molar-refractivity contribution < 1.29 is 32.7 Å². The Balaban J connectivity index is 1.19. The maximum absolute atomic E-state index is 14.2. The van der Waals surface area contributed by atoms with Crippen LogP contribution in [0.2, 0.25) is 0 Å². The lowest BCUT2D eigenvalue weighted by Gasteiger charge is -2.50. The first kappa shape index (κ1) is 32.8. The van der Waals surface area contributed by atoms with Gasteiger partial charge in [-0.3, -0.25) is 24.3 Å². The quantitative estimate of drug-likeness (QED) is 0.425. The zero-order valence-corrected chi connectivity index (χ0v) is 27.2. The Morgan fingerprint density at radius 2 is 1.67 bits per heavy atom. The predicted molar refractivity (Wildman–Crippen MR) is 164 cm³/mol. The number of piperidine rings is 1. The molecule has 2 aliphatic carbocycles. The van der Waals surface area contributed by atoms with Crippen molar-refractivity contribution in [1.82, 2.24) is 30.2 Å². The summed E-state index contributed by atoms with van der Waals surface area (Å²) in [4.78, 5) is 59.5. The number of hydrogen-bond donors (Lipinski definition) is 2. The molecule has 13 heteroatoms. The molecule has 11 nitrogen and oxygen atoms in total. The van der Waals surface area contributed by atoms with Crippen molar-refractivity contribution in [3.63, 3.8) is 0 Å². The normalized spacial score (nSPS) is 28.0. The van der Waals surface area contributed by atoms with E-state index in [2.05, 4.69) is 29.4 Å². The summed E-state index contributed by atoms with van der Waals surface area (Å²) in [5.74, 6) is -4.16. The molecule has 0 aromatic carbocycles. The van der Waals surface area contributed by atoms with E-state index in [1.807, 2.05) is 0 Å². The Morgan fingerprint density at radius 3 is 2.28 bits per heavy atom. The number of amides is 4. The maximum atomic E-state index is 14.2. The molecule has 0 unspecified atom stereocenters. The third-order valence-corrected chi connectivity index (χ3v) is 11.3. The van der Waals surface area contributed by atoms with Gasteiger partial charge < -0.3 is 24.8 Å². The molecule has 5 fully saturated rings. The Morgan fingerprint density at radius 1 is 1.02 bits per heavy atom. The van der Waals surface area contributed by atoms with Crippen LogP contribution in [0.25, 0.3) is 0 Å². The number of carbonyl (C=O) groups is 4. The zero-order chi connectivity index (χ0) is 32.9. The first-order chi connectivity index (χ1) is 21.8. The summed E-state index contributed by atoms with van der Waals surface area (Å²) in [5, 5.41) is 9.52. The molecule has 2 saturated carbocycles. The number of rotatable bonds is 9. The number of likely N-dealkylation sites (tertiary alicyclic amines) is 3. The molecule has 5 aliphatic rings. The van der Waals surface area contributed by atoms with E-state index in [1.165, 1.54) is 23.7 Å². The average Bonchev–Trinajstić information content (AvgIpc) is 3.38. The predicted octanol–water partition coefficient (Wildman–Crippen LogP) is 3.08. The first-order valence-electron chi connectivity index (χ1n) is 16.9. The van der Waals surface area contributed by atoms with E-state index < -0.39 is 54.1 Å². The minimum absolute atomic E-state index is 0.0324. The summed E-state index contributed by atoms with van der Waals surface area (Å²) in [6, 6.07) is -1.07. The molecule has 3 saturated heterocycles. The molecule has 254 valence electrons. The highest BCUT2D eigenvalue weighted by atomic mass is 19.3. The van der Waals surface area contributed by atoms with Crippen LogP contribution >= 0.6 is 0 Å². The molecule has 4 atom stereocenters. The lowest BCUT2D eigenvalue weighted by molar-refractivity contribution is -0.153. The number of H-pyrrole nitrogens is 1. The molecule has 6 rings (SSSR count). The molecule has 4 amide bonds. The number of nitrogens with zero attached hydrogens (tertiary/aromatic N) is 4. The van der Waals surface area contributed by atoms with Gasteiger partial charge in [0.05, 0.1) is 23.8 Å². The van der Waals surface area contributed by atoms with Crippen molar-refractivity contribution in [2.75, 3.05) is 45.9 Å². The van der Waals surface area contributed by atoms with Crippen LogP contribution in [0.5, 0.6) is 0 Å². The third kappa shape index (κ3) is 6.66. The summed E-state index contributed by atoms with van der Waals surface area (Å²) in [7, 11) is 0. The number of ether oxygens (including phenoxy) is 1. The van der Waals surface area contributed by atoms with E-state index in [9.17, 15) is 28.0 Å². The van der Waals surface area contributed by atoms with Gasteiger partial charge >= 0.3 is 0 Å². The Labute approximate surface area is 269 Å². The minimum Gasteiger partial charge on any atom is -0.376 e. The van der Waals surface area contributed by atoms with Crippen LogP contribution in [0.4, 0.5) is 8.78 Å². The zero-order valence-electron chi connectivity index (χ0n) is 27.2. The van der Waals surface area contributed by atoms with Gasteiger partial charge in [-0.2, -0.15) is 5.10 Å². The van der Waals surface area contributed by atoms with Crippen LogP contribution in [-0.2, 0) is 19.1 Å². The summed E-state index contributed by atoms with van der Waals surface area (Å²) < 4.78 is 34.1. The summed E-state index contributed by atoms with van der Waals surface area (Å²) in [6.07, 6.45) is 7.84. The SMILES string of the molecule is C[C@@H](OCC1CCCCC1)[C@H](NC(=O)[C@@H]1CN(C(=O)c2cn[nH]c2)CC12CN(C(=O)[C@H]1CC1(C)C)C2)C(=O)N1CCC(F)(F)CC1. The van der Waals surface area contributed by atoms with E-state index in [4.69, 9.17) is 4.74 Å². The second-order valence-electron chi connectivity index (χ2n) is 15.2. The van der Waals surface area contributed by atoms with E-state index >= 15 is 0 Å². The number of hydrogen-bond acceptors (Lipinski definition) is 6. The lowest BCUT2D eigenvalue weighted by Crippen LogP contribution is -2.65. The van der Waals surface area contributed by atoms with Gasteiger partial charge in [0.15, 0.2) is 0 Å². The standard InChI is InChI=1S/C33H48F2N6O5/c1-21(46-17-22-7-5-4-6-8-22)26(30(45)39-11-9-33(34,35)10-12-39)38-27(42)25-16-40(28(43)23-14-36-37-15-23)18-32(25)19-41(20-32)29(44)24-13-31(24,2)3/h14-15,21-22,24-26H,4-13,16-20H2,1-3H3,(H,36,37)(H,38,42)/t21-,24-,25+,26+/m1/s1. The number of carbonyl (C=O) groups excluding carboxylic acids is 4. The van der Waals surface area contributed by atoms with Crippen LogP contribution in [0.1, 0.15) is 82.5 Å². The van der Waals surface area contributed by atoms with Crippen molar-refractivity contribution in [2.45, 2.75) is 90.2 Å². The van der Waals surface area contributed by atoms with Crippen LogP contribution in [0.3, 0.4) is 0 Å². The topological polar surface area (TPSA) is 128 Å². The second kappa shape index (κ2) is 12.5. The van der Waals surface area contributed by atoms with Gasteiger partial charge in [-0.15, -0.1) is 0 Å². The van der Waals surface area contributed by atoms with Crippen LogP contribution in [0.15, 0.2) is 12.4 Å². The molecule has 3 aliphatic heterocycles. The molecule has 2 N–H and O–H groups in total. The summed E-state index contributed by atoms with van der Waals surface area (Å²) >= 11 is 0. The van der Waals surface area contributed by atoms with Crippen molar-refractivity contribution in [2.24, 2.45) is 28.6 Å². The van der Waals surface area contributed by atoms with Crippen LogP contribution in [-0.4, -0.2) is 112 Å².